The molecule has 1 aliphatic carbocycles. The molecular weight excluding hydrogens is 526 g/mol. The molecule has 1 unspecified atom stereocenters. The van der Waals surface area contributed by atoms with Crippen LogP contribution in [0.25, 0.3) is 22.0 Å². The van der Waals surface area contributed by atoms with Gasteiger partial charge in [-0.05, 0) is 74.8 Å². The molecule has 41 heavy (non-hydrogen) atoms. The average Bonchev–Trinajstić information content (AvgIpc) is 3.27. The van der Waals surface area contributed by atoms with Gasteiger partial charge in [0, 0.05) is 36.2 Å². The number of anilines is 1. The Morgan fingerprint density at radius 2 is 1.85 bits per heavy atom. The third-order valence-electron chi connectivity index (χ3n) is 8.68. The number of rotatable bonds is 3. The molecule has 0 radical (unpaired) electrons. The van der Waals surface area contributed by atoms with E-state index >= 15 is 0 Å². The Bertz CT molecular complexity index is 1510. The minimum absolute atomic E-state index is 0.0209. The number of phenols is 1. The number of likely N-dealkylation sites (tertiary alicyclic amines) is 1. The lowest BCUT2D eigenvalue weighted by atomic mass is 9.75. The number of benzene rings is 2. The number of carbonyl (C=O) groups is 1. The molecule has 2 aromatic carbocycles. The first kappa shape index (κ1) is 27.7. The molecule has 6 rings (SSSR count). The van der Waals surface area contributed by atoms with E-state index < -0.39 is 29.6 Å². The maximum Gasteiger partial charge on any atom is 0.410 e. The molecule has 1 amide bonds. The number of fused-ring (bicyclic) bond motifs is 2. The maximum atomic E-state index is 14.6. The molecule has 218 valence electrons. The molecule has 7 nitrogen and oxygen atoms in total. The van der Waals surface area contributed by atoms with Crippen LogP contribution in [-0.2, 0) is 17.6 Å². The number of amides is 1. The van der Waals surface area contributed by atoms with Crippen LogP contribution in [0.1, 0.15) is 58.7 Å². The van der Waals surface area contributed by atoms with E-state index in [0.29, 0.717) is 37.7 Å². The second kappa shape index (κ2) is 9.53. The zero-order valence-electron chi connectivity index (χ0n) is 24.4. The third-order valence-corrected chi connectivity index (χ3v) is 8.68. The van der Waals surface area contributed by atoms with Crippen molar-refractivity contribution in [3.05, 3.63) is 47.7 Å². The fourth-order valence-electron chi connectivity index (χ4n) is 6.76. The molecule has 0 bridgehead atoms. The van der Waals surface area contributed by atoms with Gasteiger partial charge in [0.25, 0.3) is 6.43 Å². The van der Waals surface area contributed by atoms with E-state index in [2.05, 4.69) is 13.8 Å². The van der Waals surface area contributed by atoms with E-state index in [4.69, 9.17) is 14.7 Å². The highest BCUT2D eigenvalue weighted by Gasteiger charge is 2.56. The summed E-state index contributed by atoms with van der Waals surface area (Å²) in [6, 6.07) is 10.2. The van der Waals surface area contributed by atoms with E-state index in [1.807, 2.05) is 45.0 Å². The summed E-state index contributed by atoms with van der Waals surface area (Å²) in [4.78, 5) is 25.8. The van der Waals surface area contributed by atoms with E-state index in [1.54, 1.807) is 21.9 Å². The van der Waals surface area contributed by atoms with Crippen molar-refractivity contribution < 1.29 is 23.4 Å². The highest BCUT2D eigenvalue weighted by molar-refractivity contribution is 5.98. The summed E-state index contributed by atoms with van der Waals surface area (Å²) >= 11 is 0. The second-order valence-corrected chi connectivity index (χ2v) is 13.9. The van der Waals surface area contributed by atoms with Gasteiger partial charge in [-0.25, -0.2) is 23.5 Å². The molecule has 1 atom stereocenters. The predicted octanol–water partition coefficient (Wildman–Crippen LogP) is 6.60. The molecule has 3 heterocycles. The molecule has 2 fully saturated rings. The fourth-order valence-corrected chi connectivity index (χ4v) is 6.76. The first-order valence-corrected chi connectivity index (χ1v) is 14.4. The Labute approximate surface area is 239 Å². The Morgan fingerprint density at radius 1 is 1.12 bits per heavy atom. The average molecular weight is 565 g/mol. The van der Waals surface area contributed by atoms with Crippen molar-refractivity contribution in [3.63, 3.8) is 0 Å². The second-order valence-electron chi connectivity index (χ2n) is 13.9. The number of alkyl halides is 2. The smallest absolute Gasteiger partial charge is 0.410 e. The highest BCUT2D eigenvalue weighted by Crippen LogP contribution is 2.47. The van der Waals surface area contributed by atoms with Crippen molar-refractivity contribution >= 4 is 22.8 Å². The van der Waals surface area contributed by atoms with Gasteiger partial charge in [-0.1, -0.05) is 38.1 Å². The minimum atomic E-state index is -2.59. The van der Waals surface area contributed by atoms with E-state index in [0.717, 1.165) is 40.4 Å². The number of carbonyl (C=O) groups excluding carboxylic acids is 1. The molecule has 1 aromatic heterocycles. The molecule has 2 aliphatic heterocycles. The van der Waals surface area contributed by atoms with Gasteiger partial charge in [0.2, 0.25) is 5.95 Å². The van der Waals surface area contributed by atoms with Crippen LogP contribution in [0.2, 0.25) is 0 Å². The lowest BCUT2D eigenvalue weighted by Gasteiger charge is -2.47. The number of aromatic hydroxyl groups is 1. The van der Waals surface area contributed by atoms with Gasteiger partial charge in [0.15, 0.2) is 0 Å². The van der Waals surface area contributed by atoms with Crippen LogP contribution in [0.3, 0.4) is 0 Å². The quantitative estimate of drug-likeness (QED) is 0.386. The lowest BCUT2D eigenvalue weighted by Crippen LogP contribution is -2.60. The summed E-state index contributed by atoms with van der Waals surface area (Å²) in [5, 5.41) is 12.4. The molecule has 2 saturated heterocycles. The number of halogens is 2. The summed E-state index contributed by atoms with van der Waals surface area (Å²) < 4.78 is 34.6. The zero-order chi connectivity index (χ0) is 29.3. The minimum Gasteiger partial charge on any atom is -0.508 e. The SMILES string of the molecule is CC1(C)CCc2c(nc(N3CC4(CC3C(F)F)CN(C(=O)OC(C)(C)C)C4)nc2-c2cc(O)cc3ccccc23)C1. The third kappa shape index (κ3) is 5.19. The van der Waals surface area contributed by atoms with Crippen molar-refractivity contribution in [2.24, 2.45) is 10.8 Å². The van der Waals surface area contributed by atoms with Gasteiger partial charge in [-0.3, -0.25) is 0 Å². The molecule has 1 spiro atoms. The monoisotopic (exact) mass is 564 g/mol. The van der Waals surface area contributed by atoms with Gasteiger partial charge in [0.1, 0.15) is 11.4 Å². The fraction of sp³-hybridized carbons (Fsp3) is 0.531. The summed E-state index contributed by atoms with van der Waals surface area (Å²) in [5.41, 5.74) is 2.32. The first-order valence-electron chi connectivity index (χ1n) is 14.4. The van der Waals surface area contributed by atoms with Crippen LogP contribution in [0, 0.1) is 10.8 Å². The summed E-state index contributed by atoms with van der Waals surface area (Å²) in [6.07, 6.45) is -0.312. The molecule has 3 aromatic rings. The molecule has 1 N–H and O–H groups in total. The summed E-state index contributed by atoms with van der Waals surface area (Å²) in [7, 11) is 0. The highest BCUT2D eigenvalue weighted by atomic mass is 19.3. The lowest BCUT2D eigenvalue weighted by molar-refractivity contribution is -0.0297. The number of ether oxygens (including phenoxy) is 1. The molecular formula is C32H38F2N4O3. The van der Waals surface area contributed by atoms with Gasteiger partial charge in [-0.15, -0.1) is 0 Å². The Balaban J connectivity index is 1.41. The maximum absolute atomic E-state index is 14.6. The molecule has 0 saturated carbocycles. The normalized spacial score (nSPS) is 21.3. The van der Waals surface area contributed by atoms with Crippen molar-refractivity contribution in [2.75, 3.05) is 24.5 Å². The number of phenolic OH excluding ortho intramolecular Hbond substituents is 1. The van der Waals surface area contributed by atoms with Gasteiger partial charge in [0.05, 0.1) is 17.4 Å². The van der Waals surface area contributed by atoms with Gasteiger partial charge in [-0.2, -0.15) is 0 Å². The Kier molecular flexibility index (Phi) is 6.43. The topological polar surface area (TPSA) is 78.8 Å². The van der Waals surface area contributed by atoms with E-state index in [1.165, 1.54) is 0 Å². The largest absolute Gasteiger partial charge is 0.508 e. The number of hydrogen-bond acceptors (Lipinski definition) is 6. The standard InChI is InChI=1S/C32H38F2N4O3/c1-30(2,3)41-29(40)37-16-32(17-37)15-25(27(33)34)38(18-32)28-35-24-14-31(4,5)11-10-22(24)26(36-28)23-13-20(39)12-19-8-6-7-9-21(19)23/h6-9,12-13,25,27,39H,10-11,14-18H2,1-5H3. The number of hydrogen-bond donors (Lipinski definition) is 1. The van der Waals surface area contributed by atoms with E-state index in [9.17, 15) is 18.7 Å². The Morgan fingerprint density at radius 3 is 2.56 bits per heavy atom. The van der Waals surface area contributed by atoms with Crippen LogP contribution in [0.4, 0.5) is 19.5 Å². The molecule has 3 aliphatic rings. The number of aromatic nitrogens is 2. The zero-order valence-corrected chi connectivity index (χ0v) is 24.4. The summed E-state index contributed by atoms with van der Waals surface area (Å²) in [5.74, 6) is 0.424. The van der Waals surface area contributed by atoms with Gasteiger partial charge < -0.3 is 19.6 Å². The van der Waals surface area contributed by atoms with Crippen molar-refractivity contribution in [1.29, 1.82) is 0 Å². The Hall–Kier alpha value is -3.49. The van der Waals surface area contributed by atoms with Crippen molar-refractivity contribution in [1.82, 2.24) is 14.9 Å². The number of nitrogens with zero attached hydrogens (tertiary/aromatic N) is 4. The van der Waals surface area contributed by atoms with Gasteiger partial charge >= 0.3 is 6.09 Å². The van der Waals surface area contributed by atoms with Crippen molar-refractivity contribution in [3.8, 4) is 17.0 Å². The van der Waals surface area contributed by atoms with Crippen LogP contribution < -0.4 is 4.90 Å². The summed E-state index contributed by atoms with van der Waals surface area (Å²) in [6.45, 7) is 10.9. The van der Waals surface area contributed by atoms with Crippen molar-refractivity contribution in [2.45, 2.75) is 78.4 Å². The van der Waals surface area contributed by atoms with Crippen LogP contribution >= 0.6 is 0 Å². The first-order chi connectivity index (χ1) is 19.2. The van der Waals surface area contributed by atoms with Crippen LogP contribution in [0.5, 0.6) is 5.75 Å². The van der Waals surface area contributed by atoms with Crippen LogP contribution in [0.15, 0.2) is 36.4 Å². The molecule has 9 heteroatoms. The predicted molar refractivity (Wildman–Crippen MR) is 154 cm³/mol. The van der Waals surface area contributed by atoms with E-state index in [-0.39, 0.29) is 17.6 Å². The van der Waals surface area contributed by atoms with Crippen LogP contribution in [-0.4, -0.2) is 63.8 Å².